The summed E-state index contributed by atoms with van der Waals surface area (Å²) >= 11 is 0. The number of amides is 1. The molecule has 1 unspecified atom stereocenters. The van der Waals surface area contributed by atoms with E-state index in [0.29, 0.717) is 5.92 Å². The number of nitrogens with zero attached hydrogens (tertiary/aromatic N) is 1. The second-order valence-corrected chi connectivity index (χ2v) is 3.28. The molecule has 0 aromatic rings. The summed E-state index contributed by atoms with van der Waals surface area (Å²) in [4.78, 5) is 12.9. The third-order valence-corrected chi connectivity index (χ3v) is 2.13. The van der Waals surface area contributed by atoms with Gasteiger partial charge in [0.15, 0.2) is 0 Å². The third-order valence-electron chi connectivity index (χ3n) is 2.13. The maximum Gasteiger partial charge on any atom is 0.298 e. The lowest BCUT2D eigenvalue weighted by Gasteiger charge is -2.25. The van der Waals surface area contributed by atoms with Gasteiger partial charge in [0.2, 0.25) is 0 Å². The van der Waals surface area contributed by atoms with Gasteiger partial charge in [0.05, 0.1) is 0 Å². The van der Waals surface area contributed by atoms with E-state index < -0.39 is 0 Å². The van der Waals surface area contributed by atoms with E-state index in [1.165, 1.54) is 0 Å². The number of hydrogen-bond acceptors (Lipinski definition) is 1. The molecule has 0 saturated carbocycles. The normalized spacial score (nSPS) is 11.8. The zero-order chi connectivity index (χ0) is 9.72. The van der Waals surface area contributed by atoms with Crippen molar-refractivity contribution in [1.29, 1.82) is 0 Å². The van der Waals surface area contributed by atoms with Crippen LogP contribution < -0.4 is 0 Å². The fraction of sp³-hybridized carbons (Fsp3) is 0.700. The van der Waals surface area contributed by atoms with Crippen LogP contribution >= 0.6 is 0 Å². The zero-order valence-corrected chi connectivity index (χ0v) is 8.51. The average molecular weight is 167 g/mol. The molecule has 0 saturated heterocycles. The van der Waals surface area contributed by atoms with Crippen LogP contribution in [0.15, 0.2) is 0 Å². The third kappa shape index (κ3) is 2.96. The molecule has 2 nitrogen and oxygen atoms in total. The predicted octanol–water partition coefficient (Wildman–Crippen LogP) is 1.51. The molecule has 0 aliphatic carbocycles. The minimum absolute atomic E-state index is 0.0984. The highest BCUT2D eigenvalue weighted by Gasteiger charge is 2.16. The molecule has 0 heterocycles. The van der Waals surface area contributed by atoms with Gasteiger partial charge < -0.3 is 4.90 Å². The van der Waals surface area contributed by atoms with E-state index in [9.17, 15) is 4.79 Å². The molecule has 1 amide bonds. The molecule has 68 valence electrons. The van der Waals surface area contributed by atoms with E-state index in [-0.39, 0.29) is 11.9 Å². The van der Waals surface area contributed by atoms with Gasteiger partial charge in [-0.05, 0) is 25.7 Å². The monoisotopic (exact) mass is 167 g/mol. The molecular weight excluding hydrogens is 150 g/mol. The molecule has 1 atom stereocenters. The van der Waals surface area contributed by atoms with E-state index in [4.69, 9.17) is 0 Å². The Hall–Kier alpha value is -0.970. The van der Waals surface area contributed by atoms with Crippen LogP contribution in [0, 0.1) is 17.8 Å². The largest absolute Gasteiger partial charge is 0.332 e. The molecule has 0 fully saturated rings. The van der Waals surface area contributed by atoms with Crippen molar-refractivity contribution in [1.82, 2.24) is 4.90 Å². The highest BCUT2D eigenvalue weighted by atomic mass is 16.2. The van der Waals surface area contributed by atoms with Gasteiger partial charge in [-0.3, -0.25) is 4.79 Å². The summed E-state index contributed by atoms with van der Waals surface area (Å²) in [6.07, 6.45) is 0. The van der Waals surface area contributed by atoms with Gasteiger partial charge in [0.1, 0.15) is 0 Å². The Morgan fingerprint density at radius 2 is 1.83 bits per heavy atom. The lowest BCUT2D eigenvalue weighted by Crippen LogP contribution is -2.37. The molecule has 0 aliphatic rings. The molecule has 0 bridgehead atoms. The van der Waals surface area contributed by atoms with Crippen molar-refractivity contribution in [2.45, 2.75) is 33.7 Å². The number of carbonyl (C=O) groups excluding carboxylic acids is 1. The van der Waals surface area contributed by atoms with Crippen LogP contribution in [0.5, 0.6) is 0 Å². The number of rotatable bonds is 2. The molecule has 0 rings (SSSR count). The van der Waals surface area contributed by atoms with Gasteiger partial charge in [0, 0.05) is 13.1 Å². The van der Waals surface area contributed by atoms with Crippen molar-refractivity contribution in [3.8, 4) is 11.8 Å². The van der Waals surface area contributed by atoms with Crippen LogP contribution in [0.2, 0.25) is 0 Å². The molecule has 0 N–H and O–H groups in total. The standard InChI is InChI=1S/C10H17NO/c1-6-7-10(12)11(5)9(4)8(2)3/h8-9H,1-5H3. The number of hydrogen-bond donors (Lipinski definition) is 0. The molecule has 0 radical (unpaired) electrons. The molecule has 2 heteroatoms. The van der Waals surface area contributed by atoms with E-state index in [1.54, 1.807) is 18.9 Å². The molecule has 0 aliphatic heterocycles. The lowest BCUT2D eigenvalue weighted by atomic mass is 10.1. The van der Waals surface area contributed by atoms with Crippen LogP contribution in [0.25, 0.3) is 0 Å². The van der Waals surface area contributed by atoms with Gasteiger partial charge in [-0.1, -0.05) is 19.8 Å². The second kappa shape index (κ2) is 4.82. The van der Waals surface area contributed by atoms with Crippen molar-refractivity contribution in [2.24, 2.45) is 5.92 Å². The first-order valence-electron chi connectivity index (χ1n) is 4.20. The Kier molecular flexibility index (Phi) is 4.43. The Bertz CT molecular complexity index is 210. The summed E-state index contributed by atoms with van der Waals surface area (Å²) in [5, 5.41) is 0. The molecule has 0 aromatic heterocycles. The summed E-state index contributed by atoms with van der Waals surface area (Å²) in [5.41, 5.74) is 0. The first kappa shape index (κ1) is 11.0. The first-order valence-corrected chi connectivity index (χ1v) is 4.20. The minimum Gasteiger partial charge on any atom is -0.332 e. The Balaban J connectivity index is 4.25. The van der Waals surface area contributed by atoms with Gasteiger partial charge in [-0.25, -0.2) is 0 Å². The SMILES string of the molecule is CC#CC(=O)N(C)C(C)C(C)C. The smallest absolute Gasteiger partial charge is 0.298 e. The zero-order valence-electron chi connectivity index (χ0n) is 8.51. The van der Waals surface area contributed by atoms with Gasteiger partial charge >= 0.3 is 0 Å². The van der Waals surface area contributed by atoms with Crippen molar-refractivity contribution < 1.29 is 4.79 Å². The lowest BCUT2D eigenvalue weighted by molar-refractivity contribution is -0.126. The first-order chi connectivity index (χ1) is 5.50. The second-order valence-electron chi connectivity index (χ2n) is 3.28. The van der Waals surface area contributed by atoms with E-state index >= 15 is 0 Å². The highest BCUT2D eigenvalue weighted by molar-refractivity contribution is 5.93. The number of carbonyl (C=O) groups is 1. The van der Waals surface area contributed by atoms with Crippen LogP contribution in [0.1, 0.15) is 27.7 Å². The van der Waals surface area contributed by atoms with Crippen molar-refractivity contribution >= 4 is 5.91 Å². The summed E-state index contributed by atoms with van der Waals surface area (Å²) in [7, 11) is 1.79. The van der Waals surface area contributed by atoms with Crippen molar-refractivity contribution in [2.75, 3.05) is 7.05 Å². The van der Waals surface area contributed by atoms with E-state index in [0.717, 1.165) is 0 Å². The van der Waals surface area contributed by atoms with Gasteiger partial charge in [-0.2, -0.15) is 0 Å². The summed E-state index contributed by atoms with van der Waals surface area (Å²) in [6, 6.07) is 0.248. The fourth-order valence-corrected chi connectivity index (χ4v) is 0.827. The highest BCUT2D eigenvalue weighted by Crippen LogP contribution is 2.07. The van der Waals surface area contributed by atoms with Crippen LogP contribution in [0.3, 0.4) is 0 Å². The molecule has 0 aromatic carbocycles. The molecular formula is C10H17NO. The van der Waals surface area contributed by atoms with Crippen molar-refractivity contribution in [3.63, 3.8) is 0 Å². The maximum absolute atomic E-state index is 11.2. The fourth-order valence-electron chi connectivity index (χ4n) is 0.827. The Morgan fingerprint density at radius 3 is 2.17 bits per heavy atom. The Labute approximate surface area is 74.9 Å². The van der Waals surface area contributed by atoms with Crippen LogP contribution in [-0.4, -0.2) is 23.9 Å². The minimum atomic E-state index is -0.0984. The topological polar surface area (TPSA) is 20.3 Å². The average Bonchev–Trinajstić information content (AvgIpc) is 2.02. The summed E-state index contributed by atoms with van der Waals surface area (Å²) in [5.74, 6) is 5.49. The predicted molar refractivity (Wildman–Crippen MR) is 50.5 cm³/mol. The molecule has 0 spiro atoms. The van der Waals surface area contributed by atoms with Gasteiger partial charge in [-0.15, -0.1) is 0 Å². The van der Waals surface area contributed by atoms with Gasteiger partial charge in [0.25, 0.3) is 5.91 Å². The molecule has 12 heavy (non-hydrogen) atoms. The van der Waals surface area contributed by atoms with E-state index in [1.807, 2.05) is 6.92 Å². The van der Waals surface area contributed by atoms with Crippen LogP contribution in [-0.2, 0) is 4.79 Å². The van der Waals surface area contributed by atoms with Crippen molar-refractivity contribution in [3.05, 3.63) is 0 Å². The van der Waals surface area contributed by atoms with E-state index in [2.05, 4.69) is 25.7 Å². The summed E-state index contributed by atoms with van der Waals surface area (Å²) in [6.45, 7) is 7.88. The summed E-state index contributed by atoms with van der Waals surface area (Å²) < 4.78 is 0. The van der Waals surface area contributed by atoms with Crippen LogP contribution in [0.4, 0.5) is 0 Å². The maximum atomic E-state index is 11.2. The Morgan fingerprint density at radius 1 is 1.33 bits per heavy atom. The quantitative estimate of drug-likeness (QED) is 0.571.